The number of hydrogen-bond acceptors (Lipinski definition) is 3. The normalized spacial score (nSPS) is 10.3. The predicted molar refractivity (Wildman–Crippen MR) is 63.2 cm³/mol. The molecule has 0 unspecified atom stereocenters. The summed E-state index contributed by atoms with van der Waals surface area (Å²) in [6.07, 6.45) is 3.66. The number of aryl methyl sites for hydroxylation is 2. The van der Waals surface area contributed by atoms with Crippen LogP contribution in [0.5, 0.6) is 0 Å². The van der Waals surface area contributed by atoms with Gasteiger partial charge >= 0.3 is 0 Å². The first-order valence-corrected chi connectivity index (χ1v) is 5.33. The molecule has 2 aromatic rings. The maximum absolute atomic E-state index is 4.38. The third kappa shape index (κ3) is 2.36. The van der Waals surface area contributed by atoms with Gasteiger partial charge in [0.1, 0.15) is 5.82 Å². The molecule has 0 aromatic carbocycles. The SMILES string of the molecule is Cc1nc(Nc2cnn(C)c2)ccc1Br. The molecule has 0 radical (unpaired) electrons. The van der Waals surface area contributed by atoms with Gasteiger partial charge in [-0.3, -0.25) is 4.68 Å². The Hall–Kier alpha value is -1.36. The van der Waals surface area contributed by atoms with Gasteiger partial charge in [0.2, 0.25) is 0 Å². The topological polar surface area (TPSA) is 42.7 Å². The standard InChI is InChI=1S/C10H11BrN4/c1-7-9(11)3-4-10(13-7)14-8-5-12-15(2)6-8/h3-6H,1-2H3,(H,13,14). The molecule has 2 rings (SSSR count). The second-order valence-electron chi connectivity index (χ2n) is 3.29. The number of nitrogens with one attached hydrogen (secondary N) is 1. The highest BCUT2D eigenvalue weighted by molar-refractivity contribution is 9.10. The van der Waals surface area contributed by atoms with E-state index in [9.17, 15) is 0 Å². The van der Waals surface area contributed by atoms with Crippen molar-refractivity contribution in [2.45, 2.75) is 6.92 Å². The van der Waals surface area contributed by atoms with E-state index in [4.69, 9.17) is 0 Å². The van der Waals surface area contributed by atoms with E-state index in [0.29, 0.717) is 0 Å². The van der Waals surface area contributed by atoms with Crippen LogP contribution in [0.3, 0.4) is 0 Å². The van der Waals surface area contributed by atoms with E-state index in [-0.39, 0.29) is 0 Å². The molecule has 0 saturated carbocycles. The minimum absolute atomic E-state index is 0.823. The van der Waals surface area contributed by atoms with Crippen molar-refractivity contribution in [1.29, 1.82) is 0 Å². The molecule has 4 nitrogen and oxygen atoms in total. The van der Waals surface area contributed by atoms with Gasteiger partial charge in [0.15, 0.2) is 0 Å². The fourth-order valence-electron chi connectivity index (χ4n) is 1.25. The van der Waals surface area contributed by atoms with Gasteiger partial charge in [0.05, 0.1) is 17.6 Å². The second kappa shape index (κ2) is 4.02. The number of pyridine rings is 1. The number of nitrogens with zero attached hydrogens (tertiary/aromatic N) is 3. The van der Waals surface area contributed by atoms with Gasteiger partial charge in [-0.1, -0.05) is 0 Å². The monoisotopic (exact) mass is 266 g/mol. The third-order valence-corrected chi connectivity index (χ3v) is 2.84. The van der Waals surface area contributed by atoms with Crippen LogP contribution in [-0.4, -0.2) is 14.8 Å². The Morgan fingerprint density at radius 3 is 2.80 bits per heavy atom. The number of aromatic nitrogens is 3. The van der Waals surface area contributed by atoms with Gasteiger partial charge in [-0.25, -0.2) is 4.98 Å². The fourth-order valence-corrected chi connectivity index (χ4v) is 1.47. The lowest BCUT2D eigenvalue weighted by Crippen LogP contribution is -1.94. The molecular weight excluding hydrogens is 256 g/mol. The second-order valence-corrected chi connectivity index (χ2v) is 4.15. The van der Waals surface area contributed by atoms with E-state index in [1.807, 2.05) is 32.3 Å². The Bertz CT molecular complexity index is 478. The molecule has 78 valence electrons. The lowest BCUT2D eigenvalue weighted by atomic mass is 10.3. The zero-order valence-electron chi connectivity index (χ0n) is 8.53. The summed E-state index contributed by atoms with van der Waals surface area (Å²) in [5.74, 6) is 0.823. The summed E-state index contributed by atoms with van der Waals surface area (Å²) in [6.45, 7) is 1.96. The number of rotatable bonds is 2. The van der Waals surface area contributed by atoms with Crippen molar-refractivity contribution in [2.75, 3.05) is 5.32 Å². The first kappa shape index (κ1) is 10.2. The fraction of sp³-hybridized carbons (Fsp3) is 0.200. The van der Waals surface area contributed by atoms with Crippen LogP contribution in [0.25, 0.3) is 0 Å². The van der Waals surface area contributed by atoms with Crippen LogP contribution in [0.15, 0.2) is 29.0 Å². The molecule has 2 heterocycles. The Morgan fingerprint density at radius 1 is 1.40 bits per heavy atom. The molecular formula is C10H11BrN4. The number of hydrogen-bond donors (Lipinski definition) is 1. The molecule has 0 bridgehead atoms. The average molecular weight is 267 g/mol. The van der Waals surface area contributed by atoms with Gasteiger partial charge in [-0.05, 0) is 35.0 Å². The highest BCUT2D eigenvalue weighted by Crippen LogP contribution is 2.18. The van der Waals surface area contributed by atoms with Gasteiger partial charge in [0, 0.05) is 17.7 Å². The van der Waals surface area contributed by atoms with E-state index >= 15 is 0 Å². The maximum atomic E-state index is 4.38. The van der Waals surface area contributed by atoms with E-state index in [0.717, 1.165) is 21.7 Å². The highest BCUT2D eigenvalue weighted by atomic mass is 79.9. The van der Waals surface area contributed by atoms with Crippen LogP contribution in [0.2, 0.25) is 0 Å². The van der Waals surface area contributed by atoms with Crippen LogP contribution in [0.1, 0.15) is 5.69 Å². The number of halogens is 1. The molecule has 0 spiro atoms. The van der Waals surface area contributed by atoms with E-state index < -0.39 is 0 Å². The van der Waals surface area contributed by atoms with Gasteiger partial charge in [-0.15, -0.1) is 0 Å². The van der Waals surface area contributed by atoms with Gasteiger partial charge < -0.3 is 5.32 Å². The van der Waals surface area contributed by atoms with E-state index in [1.165, 1.54) is 0 Å². The summed E-state index contributed by atoms with van der Waals surface area (Å²) in [6, 6.07) is 3.89. The summed E-state index contributed by atoms with van der Waals surface area (Å²) in [4.78, 5) is 4.38. The Balaban J connectivity index is 2.21. The third-order valence-electron chi connectivity index (χ3n) is 2.00. The molecule has 0 aliphatic rings. The summed E-state index contributed by atoms with van der Waals surface area (Å²) in [5, 5.41) is 7.25. The van der Waals surface area contributed by atoms with Crippen molar-refractivity contribution in [3.63, 3.8) is 0 Å². The first-order valence-electron chi connectivity index (χ1n) is 4.54. The van der Waals surface area contributed by atoms with Gasteiger partial charge in [0.25, 0.3) is 0 Å². The molecule has 1 N–H and O–H groups in total. The highest BCUT2D eigenvalue weighted by Gasteiger charge is 2.00. The lowest BCUT2D eigenvalue weighted by Gasteiger charge is -2.04. The molecule has 15 heavy (non-hydrogen) atoms. The van der Waals surface area contributed by atoms with Crippen molar-refractivity contribution < 1.29 is 0 Å². The van der Waals surface area contributed by atoms with Crippen LogP contribution >= 0.6 is 15.9 Å². The maximum Gasteiger partial charge on any atom is 0.130 e. The molecule has 0 atom stereocenters. The summed E-state index contributed by atoms with van der Waals surface area (Å²) in [7, 11) is 1.88. The summed E-state index contributed by atoms with van der Waals surface area (Å²) in [5.41, 5.74) is 1.90. The van der Waals surface area contributed by atoms with Crippen LogP contribution < -0.4 is 5.32 Å². The van der Waals surface area contributed by atoms with Crippen LogP contribution in [0, 0.1) is 6.92 Å². The van der Waals surface area contributed by atoms with Gasteiger partial charge in [-0.2, -0.15) is 5.10 Å². The van der Waals surface area contributed by atoms with Crippen molar-refractivity contribution in [3.8, 4) is 0 Å². The van der Waals surface area contributed by atoms with Crippen molar-refractivity contribution in [2.24, 2.45) is 7.05 Å². The molecule has 0 aliphatic heterocycles. The number of anilines is 2. The lowest BCUT2D eigenvalue weighted by molar-refractivity contribution is 0.768. The van der Waals surface area contributed by atoms with Crippen LogP contribution in [-0.2, 0) is 7.05 Å². The zero-order valence-corrected chi connectivity index (χ0v) is 10.1. The van der Waals surface area contributed by atoms with Crippen molar-refractivity contribution >= 4 is 27.4 Å². The molecule has 0 aliphatic carbocycles. The van der Waals surface area contributed by atoms with Crippen molar-refractivity contribution in [1.82, 2.24) is 14.8 Å². The zero-order chi connectivity index (χ0) is 10.8. The average Bonchev–Trinajstić information content (AvgIpc) is 2.58. The minimum atomic E-state index is 0.823. The quantitative estimate of drug-likeness (QED) is 0.909. The van der Waals surface area contributed by atoms with E-state index in [2.05, 4.69) is 31.3 Å². The van der Waals surface area contributed by atoms with Crippen LogP contribution in [0.4, 0.5) is 11.5 Å². The molecule has 0 fully saturated rings. The summed E-state index contributed by atoms with van der Waals surface area (Å²) < 4.78 is 2.76. The smallest absolute Gasteiger partial charge is 0.130 e. The Morgan fingerprint density at radius 2 is 2.20 bits per heavy atom. The first-order chi connectivity index (χ1) is 7.15. The Labute approximate surface area is 96.5 Å². The Kier molecular flexibility index (Phi) is 2.73. The minimum Gasteiger partial charge on any atom is -0.338 e. The van der Waals surface area contributed by atoms with E-state index in [1.54, 1.807) is 10.9 Å². The molecule has 5 heteroatoms. The largest absolute Gasteiger partial charge is 0.338 e. The van der Waals surface area contributed by atoms with Crippen molar-refractivity contribution in [3.05, 3.63) is 34.7 Å². The molecule has 2 aromatic heterocycles. The molecule has 0 amide bonds. The summed E-state index contributed by atoms with van der Waals surface area (Å²) >= 11 is 3.41. The predicted octanol–water partition coefficient (Wildman–Crippen LogP) is 2.63. The molecule has 0 saturated heterocycles.